The fourth-order valence-electron chi connectivity index (χ4n) is 3.29. The van der Waals surface area contributed by atoms with Gasteiger partial charge in [0, 0.05) is 31.2 Å². The minimum atomic E-state index is -3.68. The van der Waals surface area contributed by atoms with Crippen LogP contribution in [-0.2, 0) is 28.2 Å². The van der Waals surface area contributed by atoms with Crippen LogP contribution >= 0.6 is 11.3 Å². The number of thiophene rings is 1. The second-order valence-electron chi connectivity index (χ2n) is 6.63. The summed E-state index contributed by atoms with van der Waals surface area (Å²) >= 11 is 1.30. The fraction of sp³-hybridized carbons (Fsp3) is 0.500. The number of nitrogens with one attached hydrogen (secondary N) is 1. The maximum Gasteiger partial charge on any atom is 0.341 e. The van der Waals surface area contributed by atoms with E-state index in [4.69, 9.17) is 4.74 Å². The third kappa shape index (κ3) is 4.60. The summed E-state index contributed by atoms with van der Waals surface area (Å²) in [6.45, 7) is 9.98. The van der Waals surface area contributed by atoms with Crippen molar-refractivity contribution in [3.63, 3.8) is 0 Å². The van der Waals surface area contributed by atoms with Crippen LogP contribution < -0.4 is 5.32 Å². The predicted molar refractivity (Wildman–Crippen MR) is 118 cm³/mol. The predicted octanol–water partition coefficient (Wildman–Crippen LogP) is 3.42. The van der Waals surface area contributed by atoms with Gasteiger partial charge in [0.2, 0.25) is 10.0 Å². The van der Waals surface area contributed by atoms with Gasteiger partial charge in [0.05, 0.1) is 12.2 Å². The van der Waals surface area contributed by atoms with Crippen molar-refractivity contribution >= 4 is 38.2 Å². The molecule has 1 N–H and O–H groups in total. The first-order valence-electron chi connectivity index (χ1n) is 9.89. The molecule has 30 heavy (non-hydrogen) atoms. The average molecular weight is 456 g/mol. The lowest BCUT2D eigenvalue weighted by Crippen LogP contribution is -2.30. The normalized spacial score (nSPS) is 11.7. The summed E-state index contributed by atoms with van der Waals surface area (Å²) in [6, 6.07) is 1.36. The van der Waals surface area contributed by atoms with E-state index >= 15 is 0 Å². The van der Waals surface area contributed by atoms with Crippen LogP contribution in [0.15, 0.2) is 17.2 Å². The molecule has 0 aromatic carbocycles. The lowest BCUT2D eigenvalue weighted by atomic mass is 10.1. The molecule has 0 saturated heterocycles. The average Bonchev–Trinajstić information content (AvgIpc) is 3.22. The van der Waals surface area contributed by atoms with E-state index < -0.39 is 21.9 Å². The highest BCUT2D eigenvalue weighted by Gasteiger charge is 2.27. The van der Waals surface area contributed by atoms with Gasteiger partial charge in [-0.25, -0.2) is 13.2 Å². The minimum Gasteiger partial charge on any atom is -0.462 e. The molecule has 2 aromatic heterocycles. The van der Waals surface area contributed by atoms with Crippen molar-refractivity contribution in [2.75, 3.05) is 25.0 Å². The number of amides is 1. The lowest BCUT2D eigenvalue weighted by molar-refractivity contribution is 0.0527. The Hall–Kier alpha value is -2.17. The molecule has 8 nitrogen and oxygen atoms in total. The van der Waals surface area contributed by atoms with Gasteiger partial charge in [0.25, 0.3) is 5.91 Å². The molecular formula is C20H29N3O5S2. The molecule has 0 atom stereocenters. The first-order chi connectivity index (χ1) is 14.1. The highest BCUT2D eigenvalue weighted by atomic mass is 32.2. The highest BCUT2D eigenvalue weighted by Crippen LogP contribution is 2.34. The van der Waals surface area contributed by atoms with Crippen LogP contribution in [-0.4, -0.2) is 48.9 Å². The number of carbonyl (C=O) groups excluding carboxylic acids is 2. The van der Waals surface area contributed by atoms with E-state index in [0.29, 0.717) is 30.1 Å². The summed E-state index contributed by atoms with van der Waals surface area (Å²) in [5, 5.41) is 3.18. The summed E-state index contributed by atoms with van der Waals surface area (Å²) in [5.41, 5.74) is 1.38. The van der Waals surface area contributed by atoms with Crippen molar-refractivity contribution in [2.24, 2.45) is 7.05 Å². The van der Waals surface area contributed by atoms with Gasteiger partial charge in [-0.2, -0.15) is 4.31 Å². The Bertz CT molecular complexity index is 1030. The second kappa shape index (κ2) is 9.76. The van der Waals surface area contributed by atoms with Gasteiger partial charge in [0.1, 0.15) is 15.6 Å². The topological polar surface area (TPSA) is 97.7 Å². The number of hydrogen-bond acceptors (Lipinski definition) is 6. The molecule has 2 rings (SSSR count). The molecule has 0 unspecified atom stereocenters. The SMILES string of the molecule is CCOC(=O)c1c(NC(=O)c2cc(S(=O)(=O)N(CC)CC)cn2C)sc(C)c1CC. The van der Waals surface area contributed by atoms with Gasteiger partial charge in [0.15, 0.2) is 0 Å². The monoisotopic (exact) mass is 455 g/mol. The van der Waals surface area contributed by atoms with E-state index in [2.05, 4.69) is 5.32 Å². The third-order valence-electron chi connectivity index (χ3n) is 4.82. The number of nitrogens with zero attached hydrogens (tertiary/aromatic N) is 2. The third-order valence-corrected chi connectivity index (χ3v) is 7.90. The summed E-state index contributed by atoms with van der Waals surface area (Å²) in [4.78, 5) is 26.4. The largest absolute Gasteiger partial charge is 0.462 e. The lowest BCUT2D eigenvalue weighted by Gasteiger charge is -2.17. The van der Waals surface area contributed by atoms with E-state index in [1.54, 1.807) is 27.8 Å². The number of sulfonamides is 1. The number of carbonyl (C=O) groups is 2. The number of ether oxygens (including phenoxy) is 1. The number of anilines is 1. The van der Waals surface area contributed by atoms with Crippen LogP contribution in [0.4, 0.5) is 5.00 Å². The molecular weight excluding hydrogens is 426 g/mol. The van der Waals surface area contributed by atoms with Crippen molar-refractivity contribution in [1.29, 1.82) is 0 Å². The standard InChI is InChI=1S/C20H29N3O5S2/c1-7-15-13(5)29-19(17(15)20(25)28-10-4)21-18(24)16-11-14(12-22(16)6)30(26,27)23(8-2)9-3/h11-12H,7-10H2,1-6H3,(H,21,24). The van der Waals surface area contributed by atoms with Crippen LogP contribution in [0.3, 0.4) is 0 Å². The highest BCUT2D eigenvalue weighted by molar-refractivity contribution is 7.89. The van der Waals surface area contributed by atoms with Crippen LogP contribution in [0.2, 0.25) is 0 Å². The van der Waals surface area contributed by atoms with Crippen molar-refractivity contribution in [3.05, 3.63) is 34.0 Å². The van der Waals surface area contributed by atoms with Crippen molar-refractivity contribution < 1.29 is 22.7 Å². The van der Waals surface area contributed by atoms with Crippen molar-refractivity contribution in [2.45, 2.75) is 45.9 Å². The van der Waals surface area contributed by atoms with E-state index in [1.165, 1.54) is 32.5 Å². The zero-order valence-corrected chi connectivity index (χ0v) is 19.9. The molecule has 0 bridgehead atoms. The Balaban J connectivity index is 2.41. The van der Waals surface area contributed by atoms with Gasteiger partial charge in [-0.15, -0.1) is 11.3 Å². The summed E-state index contributed by atoms with van der Waals surface area (Å²) in [7, 11) is -2.07. The van der Waals surface area contributed by atoms with Crippen molar-refractivity contribution in [1.82, 2.24) is 8.87 Å². The molecule has 0 fully saturated rings. The van der Waals surface area contributed by atoms with Gasteiger partial charge >= 0.3 is 5.97 Å². The first-order valence-corrected chi connectivity index (χ1v) is 12.1. The molecule has 0 aliphatic rings. The van der Waals surface area contributed by atoms with Crippen LogP contribution in [0.1, 0.15) is 59.0 Å². The number of aromatic nitrogens is 1. The molecule has 0 saturated carbocycles. The Morgan fingerprint density at radius 3 is 2.37 bits per heavy atom. The van der Waals surface area contributed by atoms with Crippen LogP contribution in [0.5, 0.6) is 0 Å². The maximum atomic E-state index is 12.9. The second-order valence-corrected chi connectivity index (χ2v) is 9.79. The summed E-state index contributed by atoms with van der Waals surface area (Å²) in [6.07, 6.45) is 2.05. The maximum absolute atomic E-state index is 12.9. The van der Waals surface area contributed by atoms with Crippen LogP contribution in [0, 0.1) is 6.92 Å². The van der Waals surface area contributed by atoms with E-state index in [9.17, 15) is 18.0 Å². The Morgan fingerprint density at radius 2 is 1.83 bits per heavy atom. The number of aryl methyl sites for hydroxylation is 2. The number of rotatable bonds is 9. The van der Waals surface area contributed by atoms with E-state index in [0.717, 1.165) is 10.4 Å². The van der Waals surface area contributed by atoms with E-state index in [1.807, 2.05) is 13.8 Å². The van der Waals surface area contributed by atoms with E-state index in [-0.39, 0.29) is 17.2 Å². The number of esters is 1. The molecule has 2 aromatic rings. The molecule has 0 radical (unpaired) electrons. The molecule has 10 heteroatoms. The Kier molecular flexibility index (Phi) is 7.84. The zero-order valence-electron chi connectivity index (χ0n) is 18.2. The summed E-state index contributed by atoms with van der Waals surface area (Å²) < 4.78 is 33.5. The van der Waals surface area contributed by atoms with Gasteiger partial charge in [-0.1, -0.05) is 20.8 Å². The summed E-state index contributed by atoms with van der Waals surface area (Å²) in [5.74, 6) is -0.973. The van der Waals surface area contributed by atoms with Crippen molar-refractivity contribution in [3.8, 4) is 0 Å². The molecule has 0 spiro atoms. The first kappa shape index (κ1) is 24.1. The van der Waals surface area contributed by atoms with Gasteiger partial charge < -0.3 is 14.6 Å². The molecule has 2 heterocycles. The smallest absolute Gasteiger partial charge is 0.341 e. The molecule has 0 aliphatic heterocycles. The quantitative estimate of drug-likeness (QED) is 0.584. The van der Waals surface area contributed by atoms with Gasteiger partial charge in [-0.05, 0) is 31.9 Å². The molecule has 1 amide bonds. The van der Waals surface area contributed by atoms with Crippen LogP contribution in [0.25, 0.3) is 0 Å². The zero-order chi connectivity index (χ0) is 22.6. The Morgan fingerprint density at radius 1 is 1.20 bits per heavy atom. The molecule has 0 aliphatic carbocycles. The fourth-order valence-corrected chi connectivity index (χ4v) is 5.95. The molecule has 166 valence electrons. The van der Waals surface area contributed by atoms with Gasteiger partial charge in [-0.3, -0.25) is 4.79 Å². The Labute approximate surface area is 181 Å². The minimum absolute atomic E-state index is 0.0565. The number of hydrogen-bond donors (Lipinski definition) is 1.